The topological polar surface area (TPSA) is 57.6 Å². The highest BCUT2D eigenvalue weighted by atomic mass is 19.4. The van der Waals surface area contributed by atoms with Crippen LogP contribution in [0.15, 0.2) is 0 Å². The van der Waals surface area contributed by atoms with Crippen molar-refractivity contribution in [3.05, 3.63) is 0 Å². The molecule has 1 N–H and O–H groups in total. The number of carbonyl (C=O) groups excluding carboxylic acids is 1. The van der Waals surface area contributed by atoms with E-state index in [9.17, 15) is 22.8 Å². The first-order chi connectivity index (χ1) is 7.78. The second-order valence-electron chi connectivity index (χ2n) is 4.64. The van der Waals surface area contributed by atoms with E-state index in [4.69, 9.17) is 5.11 Å². The van der Waals surface area contributed by atoms with Gasteiger partial charge in [-0.1, -0.05) is 0 Å². The molecule has 2 rings (SSSR count). The number of halogens is 3. The van der Waals surface area contributed by atoms with Gasteiger partial charge in [0.1, 0.15) is 6.04 Å². The minimum absolute atomic E-state index is 0.108. The van der Waals surface area contributed by atoms with Crippen molar-refractivity contribution in [1.82, 2.24) is 4.90 Å². The lowest BCUT2D eigenvalue weighted by atomic mass is 9.75. The maximum absolute atomic E-state index is 12.5. The molecule has 1 unspecified atom stereocenters. The van der Waals surface area contributed by atoms with Crippen LogP contribution in [-0.2, 0) is 9.59 Å². The van der Waals surface area contributed by atoms with Gasteiger partial charge in [0, 0.05) is 5.54 Å². The molecule has 0 aromatic heterocycles. The number of hydrogen-bond acceptors (Lipinski definition) is 2. The van der Waals surface area contributed by atoms with Gasteiger partial charge in [0.05, 0.1) is 0 Å². The van der Waals surface area contributed by atoms with Crippen molar-refractivity contribution in [2.24, 2.45) is 0 Å². The molecule has 0 aromatic rings. The highest BCUT2D eigenvalue weighted by Gasteiger charge is 2.59. The van der Waals surface area contributed by atoms with Gasteiger partial charge in [-0.2, -0.15) is 13.2 Å². The maximum atomic E-state index is 12.5. The van der Waals surface area contributed by atoms with Crippen molar-refractivity contribution < 1.29 is 27.9 Å². The Morgan fingerprint density at radius 1 is 1.24 bits per heavy atom. The normalized spacial score (nSPS) is 27.0. The van der Waals surface area contributed by atoms with Crippen LogP contribution in [-0.4, -0.2) is 39.6 Å². The van der Waals surface area contributed by atoms with Gasteiger partial charge in [-0.15, -0.1) is 0 Å². The summed E-state index contributed by atoms with van der Waals surface area (Å²) in [4.78, 5) is 22.8. The molecular weight excluding hydrogens is 239 g/mol. The zero-order chi connectivity index (χ0) is 12.8. The smallest absolute Gasteiger partial charge is 0.471 e. The quantitative estimate of drug-likeness (QED) is 0.769. The SMILES string of the molecule is O=C(O)C1CCC2(CCC2)N1C(=O)C(F)(F)F. The number of aliphatic carboxylic acids is 1. The van der Waals surface area contributed by atoms with Crippen LogP contribution in [0.3, 0.4) is 0 Å². The lowest BCUT2D eigenvalue weighted by Gasteiger charge is -2.46. The van der Waals surface area contributed by atoms with Gasteiger partial charge in [0.15, 0.2) is 0 Å². The molecule has 1 atom stereocenters. The first-order valence-corrected chi connectivity index (χ1v) is 5.41. The molecule has 1 spiro atoms. The minimum atomic E-state index is -5.00. The summed E-state index contributed by atoms with van der Waals surface area (Å²) in [7, 11) is 0. The Bertz CT molecular complexity index is 362. The van der Waals surface area contributed by atoms with Crippen LogP contribution in [0.25, 0.3) is 0 Å². The fourth-order valence-corrected chi connectivity index (χ4v) is 2.79. The van der Waals surface area contributed by atoms with Crippen molar-refractivity contribution in [2.75, 3.05) is 0 Å². The van der Waals surface area contributed by atoms with E-state index in [1.807, 2.05) is 0 Å². The van der Waals surface area contributed by atoms with Crippen molar-refractivity contribution >= 4 is 11.9 Å². The third kappa shape index (κ3) is 1.77. The number of amides is 1. The van der Waals surface area contributed by atoms with E-state index in [-0.39, 0.29) is 6.42 Å². The van der Waals surface area contributed by atoms with Gasteiger partial charge < -0.3 is 10.0 Å². The van der Waals surface area contributed by atoms with Gasteiger partial charge in [-0.25, -0.2) is 4.79 Å². The maximum Gasteiger partial charge on any atom is 0.471 e. The third-order valence-corrected chi connectivity index (χ3v) is 3.74. The van der Waals surface area contributed by atoms with Crippen LogP contribution in [0, 0.1) is 0 Å². The first kappa shape index (κ1) is 12.2. The first-order valence-electron chi connectivity index (χ1n) is 5.41. The lowest BCUT2D eigenvalue weighted by Crippen LogP contribution is -2.59. The average Bonchev–Trinajstić information content (AvgIpc) is 2.53. The number of carbonyl (C=O) groups is 2. The molecule has 2 aliphatic rings. The molecule has 0 bridgehead atoms. The molecule has 17 heavy (non-hydrogen) atoms. The predicted molar refractivity (Wildman–Crippen MR) is 50.1 cm³/mol. The fraction of sp³-hybridized carbons (Fsp3) is 0.800. The van der Waals surface area contributed by atoms with Crippen LogP contribution in [0.2, 0.25) is 0 Å². The zero-order valence-electron chi connectivity index (χ0n) is 8.96. The van der Waals surface area contributed by atoms with Crippen molar-refractivity contribution in [3.63, 3.8) is 0 Å². The van der Waals surface area contributed by atoms with E-state index in [1.165, 1.54) is 0 Å². The Morgan fingerprint density at radius 3 is 2.18 bits per heavy atom. The fourth-order valence-electron chi connectivity index (χ4n) is 2.79. The van der Waals surface area contributed by atoms with Gasteiger partial charge in [-0.3, -0.25) is 4.79 Å². The van der Waals surface area contributed by atoms with Crippen LogP contribution < -0.4 is 0 Å². The number of carboxylic acid groups (broad SMARTS) is 1. The molecule has 1 aliphatic carbocycles. The number of alkyl halides is 3. The van der Waals surface area contributed by atoms with Crippen LogP contribution >= 0.6 is 0 Å². The zero-order valence-corrected chi connectivity index (χ0v) is 8.96. The van der Waals surface area contributed by atoms with Gasteiger partial charge in [0.25, 0.3) is 0 Å². The number of rotatable bonds is 1. The second-order valence-corrected chi connectivity index (χ2v) is 4.64. The van der Waals surface area contributed by atoms with E-state index < -0.39 is 29.6 Å². The van der Waals surface area contributed by atoms with Gasteiger partial charge in [-0.05, 0) is 32.1 Å². The van der Waals surface area contributed by atoms with Gasteiger partial charge >= 0.3 is 18.1 Å². The summed E-state index contributed by atoms with van der Waals surface area (Å²) in [6.07, 6.45) is -2.85. The Morgan fingerprint density at radius 2 is 1.82 bits per heavy atom. The molecule has 96 valence electrons. The van der Waals surface area contributed by atoms with E-state index in [1.54, 1.807) is 0 Å². The molecule has 4 nitrogen and oxygen atoms in total. The molecule has 1 saturated carbocycles. The van der Waals surface area contributed by atoms with E-state index in [0.29, 0.717) is 24.2 Å². The molecule has 2 fully saturated rings. The molecule has 0 radical (unpaired) electrons. The summed E-state index contributed by atoms with van der Waals surface area (Å²) in [6, 6.07) is -1.33. The van der Waals surface area contributed by atoms with Crippen molar-refractivity contribution in [1.29, 1.82) is 0 Å². The van der Waals surface area contributed by atoms with Crippen molar-refractivity contribution in [2.45, 2.75) is 49.9 Å². The number of nitrogens with zero attached hydrogens (tertiary/aromatic N) is 1. The second kappa shape index (κ2) is 3.61. The average molecular weight is 251 g/mol. The Hall–Kier alpha value is -1.27. The van der Waals surface area contributed by atoms with E-state index in [2.05, 4.69) is 0 Å². The summed E-state index contributed by atoms with van der Waals surface area (Å²) in [5, 5.41) is 8.89. The number of hydrogen-bond donors (Lipinski definition) is 1. The predicted octanol–water partition coefficient (Wildman–Crippen LogP) is 1.55. The van der Waals surface area contributed by atoms with E-state index >= 15 is 0 Å². The molecule has 0 aromatic carbocycles. The lowest BCUT2D eigenvalue weighted by molar-refractivity contribution is -0.196. The molecule has 1 aliphatic heterocycles. The van der Waals surface area contributed by atoms with Crippen molar-refractivity contribution in [3.8, 4) is 0 Å². The Balaban J connectivity index is 2.30. The Kier molecular flexibility index (Phi) is 2.59. The molecule has 1 saturated heterocycles. The highest BCUT2D eigenvalue weighted by molar-refractivity contribution is 5.88. The summed E-state index contributed by atoms with van der Waals surface area (Å²) >= 11 is 0. The Labute approximate surface area is 95.4 Å². The number of carboxylic acids is 1. The summed E-state index contributed by atoms with van der Waals surface area (Å²) in [5.41, 5.74) is -0.852. The monoisotopic (exact) mass is 251 g/mol. The molecule has 7 heteroatoms. The standard InChI is InChI=1S/C10H12F3NO3/c11-10(12,13)8(17)14-6(7(15)16)2-5-9(14)3-1-4-9/h6H,1-5H2,(H,15,16). The molecule has 1 amide bonds. The van der Waals surface area contributed by atoms with Gasteiger partial charge in [0.2, 0.25) is 0 Å². The minimum Gasteiger partial charge on any atom is -0.480 e. The summed E-state index contributed by atoms with van der Waals surface area (Å²) < 4.78 is 37.4. The largest absolute Gasteiger partial charge is 0.480 e. The van der Waals surface area contributed by atoms with Crippen LogP contribution in [0.4, 0.5) is 13.2 Å². The molecular formula is C10H12F3NO3. The third-order valence-electron chi connectivity index (χ3n) is 3.74. The van der Waals surface area contributed by atoms with Crippen LogP contribution in [0.1, 0.15) is 32.1 Å². The summed E-state index contributed by atoms with van der Waals surface area (Å²) in [5.74, 6) is -3.37. The highest BCUT2D eigenvalue weighted by Crippen LogP contribution is 2.49. The number of likely N-dealkylation sites (tertiary alicyclic amines) is 1. The van der Waals surface area contributed by atoms with E-state index in [0.717, 1.165) is 6.42 Å². The van der Waals surface area contributed by atoms with Crippen LogP contribution in [0.5, 0.6) is 0 Å². The molecule has 1 heterocycles. The summed E-state index contributed by atoms with van der Waals surface area (Å²) in [6.45, 7) is 0.